The number of hydrogen-bond acceptors (Lipinski definition) is 5. The van der Waals surface area contributed by atoms with Gasteiger partial charge in [-0.2, -0.15) is 0 Å². The van der Waals surface area contributed by atoms with E-state index in [2.05, 4.69) is 20.5 Å². The summed E-state index contributed by atoms with van der Waals surface area (Å²) in [6, 6.07) is 15.1. The molecule has 0 saturated carbocycles. The van der Waals surface area contributed by atoms with E-state index in [1.54, 1.807) is 13.2 Å². The van der Waals surface area contributed by atoms with Crippen LogP contribution in [0.4, 0.5) is 5.69 Å². The summed E-state index contributed by atoms with van der Waals surface area (Å²) in [7, 11) is 1.59. The second-order valence-electron chi connectivity index (χ2n) is 5.33. The van der Waals surface area contributed by atoms with Crippen LogP contribution >= 0.6 is 11.8 Å². The first-order valence-corrected chi connectivity index (χ1v) is 8.61. The zero-order valence-electron chi connectivity index (χ0n) is 13.4. The Hall–Kier alpha value is -3.00. The van der Waals surface area contributed by atoms with Crippen molar-refractivity contribution in [3.05, 3.63) is 48.5 Å². The van der Waals surface area contributed by atoms with Gasteiger partial charge in [0, 0.05) is 11.8 Å². The second kappa shape index (κ2) is 6.48. The number of thioether (sulfide) groups is 1. The van der Waals surface area contributed by atoms with E-state index in [4.69, 9.17) is 4.74 Å². The molecule has 0 bridgehead atoms. The number of carbonyl (C=O) groups is 1. The van der Waals surface area contributed by atoms with E-state index in [9.17, 15) is 4.79 Å². The third-order valence-corrected chi connectivity index (χ3v) is 4.63. The average molecular weight is 353 g/mol. The van der Waals surface area contributed by atoms with Crippen molar-refractivity contribution in [3.63, 3.8) is 0 Å². The highest BCUT2D eigenvalue weighted by molar-refractivity contribution is 7.99. The van der Waals surface area contributed by atoms with Gasteiger partial charge in [0.2, 0.25) is 11.7 Å². The van der Waals surface area contributed by atoms with Gasteiger partial charge in [-0.25, -0.2) is 10.1 Å². The number of aromatic nitrogens is 4. The molecule has 4 aromatic rings. The summed E-state index contributed by atoms with van der Waals surface area (Å²) < 4.78 is 7.07. The van der Waals surface area contributed by atoms with Gasteiger partial charge in [-0.05, 0) is 24.3 Å². The van der Waals surface area contributed by atoms with Gasteiger partial charge in [0.1, 0.15) is 5.75 Å². The monoisotopic (exact) mass is 353 g/mol. The van der Waals surface area contributed by atoms with Crippen molar-refractivity contribution in [1.29, 1.82) is 0 Å². The van der Waals surface area contributed by atoms with Crippen molar-refractivity contribution in [2.45, 2.75) is 5.16 Å². The molecule has 25 heavy (non-hydrogen) atoms. The summed E-state index contributed by atoms with van der Waals surface area (Å²) in [5.41, 5.74) is 2.55. The van der Waals surface area contributed by atoms with Gasteiger partial charge < -0.3 is 10.1 Å². The Labute approximate surface area is 147 Å². The van der Waals surface area contributed by atoms with Crippen LogP contribution < -0.4 is 10.1 Å². The fraction of sp³-hybridized carbons (Fsp3) is 0.118. The molecule has 2 heterocycles. The molecule has 0 saturated heterocycles. The number of ether oxygens (including phenoxy) is 1. The number of methoxy groups -OCH3 is 1. The molecule has 0 spiro atoms. The van der Waals surface area contributed by atoms with E-state index in [1.165, 1.54) is 11.8 Å². The molecule has 0 radical (unpaired) electrons. The lowest BCUT2D eigenvalue weighted by Gasteiger charge is -2.06. The molecule has 2 aromatic carbocycles. The Morgan fingerprint density at radius 1 is 1.28 bits per heavy atom. The van der Waals surface area contributed by atoms with E-state index in [0.29, 0.717) is 22.4 Å². The van der Waals surface area contributed by atoms with Crippen molar-refractivity contribution in [2.75, 3.05) is 18.2 Å². The Morgan fingerprint density at radius 3 is 3.04 bits per heavy atom. The highest BCUT2D eigenvalue weighted by atomic mass is 32.2. The summed E-state index contributed by atoms with van der Waals surface area (Å²) in [4.78, 5) is 16.7. The summed E-state index contributed by atoms with van der Waals surface area (Å²) in [6.45, 7) is 0. The molecule has 0 aliphatic carbocycles. The number of imidazole rings is 1. The number of anilines is 1. The topological polar surface area (TPSA) is 84.3 Å². The van der Waals surface area contributed by atoms with Crippen molar-refractivity contribution in [1.82, 2.24) is 19.6 Å². The van der Waals surface area contributed by atoms with Crippen LogP contribution in [0.25, 0.3) is 16.8 Å². The van der Waals surface area contributed by atoms with Crippen LogP contribution in [0.15, 0.2) is 53.7 Å². The van der Waals surface area contributed by atoms with Crippen LogP contribution in [-0.4, -0.2) is 38.4 Å². The lowest BCUT2D eigenvalue weighted by atomic mass is 10.3. The minimum Gasteiger partial charge on any atom is -0.497 e. The minimum atomic E-state index is -0.112. The van der Waals surface area contributed by atoms with E-state index < -0.39 is 0 Å². The molecular weight excluding hydrogens is 338 g/mol. The number of nitrogens with one attached hydrogen (secondary N) is 2. The number of amides is 1. The molecule has 0 fully saturated rings. The predicted octanol–water partition coefficient (Wildman–Crippen LogP) is 2.95. The number of benzene rings is 2. The molecule has 0 unspecified atom stereocenters. The third kappa shape index (κ3) is 3.03. The summed E-state index contributed by atoms with van der Waals surface area (Å²) in [6.07, 6.45) is 0. The average Bonchev–Trinajstić information content (AvgIpc) is 3.19. The van der Waals surface area contributed by atoms with Crippen LogP contribution in [0.1, 0.15) is 0 Å². The van der Waals surface area contributed by atoms with Crippen LogP contribution in [0, 0.1) is 0 Å². The Kier molecular flexibility index (Phi) is 4.02. The second-order valence-corrected chi connectivity index (χ2v) is 6.28. The smallest absolute Gasteiger partial charge is 0.234 e. The van der Waals surface area contributed by atoms with Gasteiger partial charge in [-0.3, -0.25) is 9.20 Å². The first-order chi connectivity index (χ1) is 12.2. The van der Waals surface area contributed by atoms with E-state index in [1.807, 2.05) is 46.9 Å². The molecule has 1 amide bonds. The lowest BCUT2D eigenvalue weighted by Crippen LogP contribution is -2.14. The van der Waals surface area contributed by atoms with E-state index >= 15 is 0 Å². The van der Waals surface area contributed by atoms with Crippen molar-refractivity contribution in [2.24, 2.45) is 0 Å². The maximum atomic E-state index is 12.2. The number of nitrogens with zero attached hydrogens (tertiary/aromatic N) is 3. The van der Waals surface area contributed by atoms with Gasteiger partial charge in [-0.1, -0.05) is 30.0 Å². The number of rotatable bonds is 5. The molecule has 0 aliphatic rings. The number of H-pyrrole nitrogens is 1. The third-order valence-electron chi connectivity index (χ3n) is 3.69. The summed E-state index contributed by atoms with van der Waals surface area (Å²) >= 11 is 1.35. The van der Waals surface area contributed by atoms with Gasteiger partial charge in [-0.15, -0.1) is 5.10 Å². The minimum absolute atomic E-state index is 0.112. The van der Waals surface area contributed by atoms with Crippen LogP contribution in [0.5, 0.6) is 5.75 Å². The fourth-order valence-electron chi connectivity index (χ4n) is 2.57. The molecule has 8 heteroatoms. The normalized spacial score (nSPS) is 11.1. The largest absolute Gasteiger partial charge is 0.497 e. The number of para-hydroxylation sites is 2. The molecule has 7 nitrogen and oxygen atoms in total. The Balaban J connectivity index is 1.49. The lowest BCUT2D eigenvalue weighted by molar-refractivity contribution is -0.113. The number of carbonyl (C=O) groups excluding carboxylic acids is 1. The molecule has 0 aliphatic heterocycles. The van der Waals surface area contributed by atoms with E-state index in [0.717, 1.165) is 11.0 Å². The van der Waals surface area contributed by atoms with Crippen LogP contribution in [-0.2, 0) is 4.79 Å². The SMILES string of the molecule is COc1cccc(NC(=O)CSc2n[nH]c3nc4ccccc4n23)c1. The van der Waals surface area contributed by atoms with Crippen molar-refractivity contribution < 1.29 is 9.53 Å². The molecule has 0 atom stereocenters. The molecule has 4 rings (SSSR count). The van der Waals surface area contributed by atoms with Gasteiger partial charge >= 0.3 is 0 Å². The molecule has 2 aromatic heterocycles. The quantitative estimate of drug-likeness (QED) is 0.539. The first kappa shape index (κ1) is 15.5. The Morgan fingerprint density at radius 2 is 2.16 bits per heavy atom. The predicted molar refractivity (Wildman–Crippen MR) is 97.2 cm³/mol. The van der Waals surface area contributed by atoms with E-state index in [-0.39, 0.29) is 11.7 Å². The van der Waals surface area contributed by atoms with Gasteiger partial charge in [0.25, 0.3) is 0 Å². The molecule has 126 valence electrons. The van der Waals surface area contributed by atoms with Crippen LogP contribution in [0.3, 0.4) is 0 Å². The highest BCUT2D eigenvalue weighted by Gasteiger charge is 2.13. The molecule has 2 N–H and O–H groups in total. The summed E-state index contributed by atoms with van der Waals surface area (Å²) in [5, 5.41) is 10.7. The summed E-state index contributed by atoms with van der Waals surface area (Å²) in [5.74, 6) is 1.49. The molecular formula is C17H15N5O2S. The standard InChI is InChI=1S/C17H15N5O2S/c1-24-12-6-4-5-11(9-12)18-15(23)10-25-17-21-20-16-19-13-7-2-3-8-14(13)22(16)17/h2-9H,10H2,1H3,(H,18,23)(H,19,20). The number of hydrogen-bond donors (Lipinski definition) is 2. The van der Waals surface area contributed by atoms with Gasteiger partial charge in [0.15, 0.2) is 5.16 Å². The highest BCUT2D eigenvalue weighted by Crippen LogP contribution is 2.23. The number of fused-ring (bicyclic) bond motifs is 3. The zero-order valence-corrected chi connectivity index (χ0v) is 14.2. The van der Waals surface area contributed by atoms with Gasteiger partial charge in [0.05, 0.1) is 23.9 Å². The van der Waals surface area contributed by atoms with Crippen molar-refractivity contribution >= 4 is 40.2 Å². The zero-order chi connectivity index (χ0) is 17.2. The Bertz CT molecular complexity index is 1060. The first-order valence-electron chi connectivity index (χ1n) is 7.63. The van der Waals surface area contributed by atoms with Crippen LogP contribution in [0.2, 0.25) is 0 Å². The number of aromatic amines is 1. The van der Waals surface area contributed by atoms with Crippen molar-refractivity contribution in [3.8, 4) is 5.75 Å². The maximum Gasteiger partial charge on any atom is 0.234 e. The fourth-order valence-corrected chi connectivity index (χ4v) is 3.32. The maximum absolute atomic E-state index is 12.2.